The molecule has 3 atom stereocenters. The van der Waals surface area contributed by atoms with Gasteiger partial charge in [0.15, 0.2) is 5.78 Å². The van der Waals surface area contributed by atoms with Crippen LogP contribution in [0.3, 0.4) is 0 Å². The molecule has 0 aliphatic rings. The van der Waals surface area contributed by atoms with Crippen molar-refractivity contribution in [2.45, 2.75) is 44.5 Å². The highest BCUT2D eigenvalue weighted by molar-refractivity contribution is 6.17. The Morgan fingerprint density at radius 3 is 2.00 bits per heavy atom. The van der Waals surface area contributed by atoms with E-state index in [1.165, 1.54) is 19.3 Å². The Bertz CT molecular complexity index is 198. The molecule has 0 unspecified atom stereocenters. The van der Waals surface area contributed by atoms with Gasteiger partial charge >= 0.3 is 0 Å². The van der Waals surface area contributed by atoms with Crippen molar-refractivity contribution in [3.8, 4) is 0 Å². The Labute approximate surface area is 112 Å². The molecule has 0 spiro atoms. The Morgan fingerprint density at radius 2 is 1.72 bits per heavy atom. The summed E-state index contributed by atoms with van der Waals surface area (Å²) in [6.45, 7) is 0.486. The van der Waals surface area contributed by atoms with Crippen molar-refractivity contribution in [3.05, 3.63) is 0 Å². The highest BCUT2D eigenvalue weighted by Gasteiger charge is 2.28. The summed E-state index contributed by atoms with van der Waals surface area (Å²) in [6.07, 6.45) is -1.49. The number of carbonyl (C=O) groups excluding carboxylic acids is 1. The van der Waals surface area contributed by atoms with E-state index in [9.17, 15) is 4.79 Å². The molecular weight excluding hydrogens is 264 g/mol. The Balaban J connectivity index is 0. The summed E-state index contributed by atoms with van der Waals surface area (Å²) in [6, 6.07) is 0. The number of aliphatic hydroxyl groups excluding tert-OH is 5. The van der Waals surface area contributed by atoms with Gasteiger partial charge in [0.05, 0.1) is 6.61 Å². The fraction of sp³-hybridized carbons (Fsp3) is 0.909. The van der Waals surface area contributed by atoms with Crippen molar-refractivity contribution in [2.75, 3.05) is 19.1 Å². The number of ketones is 1. The molecule has 0 heterocycles. The van der Waals surface area contributed by atoms with Gasteiger partial charge in [0, 0.05) is 5.88 Å². The quantitative estimate of drug-likeness (QED) is 0.290. The van der Waals surface area contributed by atoms with E-state index in [0.29, 0.717) is 0 Å². The average molecular weight is 287 g/mol. The third-order valence-corrected chi connectivity index (χ3v) is 2.39. The van der Waals surface area contributed by atoms with Gasteiger partial charge in [-0.1, -0.05) is 19.8 Å². The largest absolute Gasteiger partial charge is 0.394 e. The molecule has 5 N–H and O–H groups in total. The van der Waals surface area contributed by atoms with E-state index in [4.69, 9.17) is 37.1 Å². The minimum atomic E-state index is -1.86. The molecule has 0 bridgehead atoms. The Hall–Kier alpha value is -0.240. The zero-order valence-electron chi connectivity index (χ0n) is 10.5. The van der Waals surface area contributed by atoms with Crippen LogP contribution in [0.2, 0.25) is 0 Å². The van der Waals surface area contributed by atoms with E-state index in [2.05, 4.69) is 6.92 Å². The smallest absolute Gasteiger partial charge is 0.189 e. The monoisotopic (exact) mass is 286 g/mol. The highest BCUT2D eigenvalue weighted by Crippen LogP contribution is 2.00. The number of aliphatic hydroxyl groups is 5. The number of Topliss-reactive ketones (excluding diaryl/α,β-unsaturated/α-hetero) is 1. The summed E-state index contributed by atoms with van der Waals surface area (Å²) < 4.78 is 0. The molecule has 0 saturated carbocycles. The molecule has 0 aliphatic heterocycles. The van der Waals surface area contributed by atoms with Gasteiger partial charge in [0.25, 0.3) is 0 Å². The molecule has 7 heteroatoms. The Morgan fingerprint density at radius 1 is 1.17 bits per heavy atom. The molecule has 110 valence electrons. The molecule has 0 rings (SSSR count). The maximum absolute atomic E-state index is 10.5. The third-order valence-electron chi connectivity index (χ3n) is 2.13. The van der Waals surface area contributed by atoms with E-state index in [1.54, 1.807) is 0 Å². The summed E-state index contributed by atoms with van der Waals surface area (Å²) in [4.78, 5) is 10.5. The zero-order valence-corrected chi connectivity index (χ0v) is 11.3. The van der Waals surface area contributed by atoms with Gasteiger partial charge in [-0.25, -0.2) is 0 Å². The van der Waals surface area contributed by atoms with E-state index in [0.717, 1.165) is 5.88 Å². The molecule has 0 radical (unpaired) electrons. The number of alkyl halides is 1. The highest BCUT2D eigenvalue weighted by atomic mass is 35.5. The lowest BCUT2D eigenvalue weighted by Crippen LogP contribution is -2.44. The summed E-state index contributed by atoms with van der Waals surface area (Å²) in [5.74, 6) is -0.177. The molecule has 0 aliphatic carbocycles. The van der Waals surface area contributed by atoms with E-state index >= 15 is 0 Å². The van der Waals surface area contributed by atoms with Crippen molar-refractivity contribution >= 4 is 17.4 Å². The predicted molar refractivity (Wildman–Crippen MR) is 67.4 cm³/mol. The first-order valence-corrected chi connectivity index (χ1v) is 6.34. The van der Waals surface area contributed by atoms with Gasteiger partial charge in [-0.2, -0.15) is 0 Å². The van der Waals surface area contributed by atoms with Crippen LogP contribution in [-0.4, -0.2) is 68.7 Å². The number of rotatable bonds is 8. The van der Waals surface area contributed by atoms with Crippen LogP contribution in [0.5, 0.6) is 0 Å². The van der Waals surface area contributed by atoms with Crippen LogP contribution in [0, 0.1) is 0 Å². The normalized spacial score (nSPS) is 15.3. The fourth-order valence-electron chi connectivity index (χ4n) is 0.947. The molecule has 0 aromatic heterocycles. The van der Waals surface area contributed by atoms with Crippen LogP contribution >= 0.6 is 11.6 Å². The van der Waals surface area contributed by atoms with Crippen molar-refractivity contribution in [1.29, 1.82) is 0 Å². The third kappa shape index (κ3) is 9.76. The second-order valence-corrected chi connectivity index (χ2v) is 4.08. The van der Waals surface area contributed by atoms with Gasteiger partial charge in [-0.15, -0.1) is 11.6 Å². The minimum Gasteiger partial charge on any atom is -0.394 e. The molecule has 0 amide bonds. The molecule has 0 aromatic rings. The van der Waals surface area contributed by atoms with E-state index in [-0.39, 0.29) is 0 Å². The van der Waals surface area contributed by atoms with Gasteiger partial charge in [0.1, 0.15) is 24.9 Å². The van der Waals surface area contributed by atoms with Crippen LogP contribution in [0.15, 0.2) is 0 Å². The van der Waals surface area contributed by atoms with Gasteiger partial charge < -0.3 is 25.5 Å². The molecule has 18 heavy (non-hydrogen) atoms. The van der Waals surface area contributed by atoms with Crippen LogP contribution in [-0.2, 0) is 4.79 Å². The average Bonchev–Trinajstić information content (AvgIpc) is 2.42. The summed E-state index contributed by atoms with van der Waals surface area (Å²) >= 11 is 5.38. The van der Waals surface area contributed by atoms with Crippen molar-refractivity contribution in [2.24, 2.45) is 0 Å². The number of halogens is 1. The van der Waals surface area contributed by atoms with Crippen molar-refractivity contribution in [3.63, 3.8) is 0 Å². The SMILES string of the molecule is CCCCCCl.O=C(CO)[C@H](O)[C@@H](O)[C@H](O)CO. The van der Waals surface area contributed by atoms with Crippen LogP contribution in [0.1, 0.15) is 26.2 Å². The molecular formula is C11H23ClO6. The van der Waals surface area contributed by atoms with Crippen LogP contribution in [0.4, 0.5) is 0 Å². The molecule has 0 aromatic carbocycles. The van der Waals surface area contributed by atoms with Gasteiger partial charge in [-0.05, 0) is 6.42 Å². The van der Waals surface area contributed by atoms with Gasteiger partial charge in [0.2, 0.25) is 0 Å². The second kappa shape index (κ2) is 13.2. The fourth-order valence-corrected chi connectivity index (χ4v) is 1.14. The first kappa shape index (κ1) is 20.1. The first-order valence-electron chi connectivity index (χ1n) is 5.80. The van der Waals surface area contributed by atoms with Gasteiger partial charge in [-0.3, -0.25) is 4.79 Å². The Kier molecular flexibility index (Phi) is 14.7. The molecule has 0 saturated heterocycles. The maximum Gasteiger partial charge on any atom is 0.189 e. The van der Waals surface area contributed by atoms with Crippen molar-refractivity contribution < 1.29 is 30.3 Å². The number of hydrogen-bond donors (Lipinski definition) is 5. The van der Waals surface area contributed by atoms with E-state index in [1.807, 2.05) is 0 Å². The molecule has 0 fully saturated rings. The maximum atomic E-state index is 10.5. The van der Waals surface area contributed by atoms with Crippen LogP contribution < -0.4 is 0 Å². The summed E-state index contributed by atoms with van der Waals surface area (Å²) in [5.41, 5.74) is 0. The summed E-state index contributed by atoms with van der Waals surface area (Å²) in [5, 5.41) is 43.1. The van der Waals surface area contributed by atoms with E-state index < -0.39 is 37.3 Å². The number of hydrogen-bond acceptors (Lipinski definition) is 6. The summed E-state index contributed by atoms with van der Waals surface area (Å²) in [7, 11) is 0. The number of unbranched alkanes of at least 4 members (excludes halogenated alkanes) is 2. The topological polar surface area (TPSA) is 118 Å². The minimum absolute atomic E-state index is 0.767. The second-order valence-electron chi connectivity index (χ2n) is 3.71. The predicted octanol–water partition coefficient (Wildman–Crippen LogP) is -0.962. The first-order chi connectivity index (χ1) is 8.45. The standard InChI is InChI=1S/C6H12O6.C5H11Cl/c7-1-3(9)5(11)6(12)4(10)2-8;1-2-3-4-5-6/h3,5-9,11-12H,1-2H2;2-5H2,1H3/t3-,5+,6+;/m1./s1. The lowest BCUT2D eigenvalue weighted by molar-refractivity contribution is -0.142. The lowest BCUT2D eigenvalue weighted by atomic mass is 10.1. The zero-order chi connectivity index (χ0) is 14.6. The molecule has 6 nitrogen and oxygen atoms in total. The van der Waals surface area contributed by atoms with Crippen molar-refractivity contribution in [1.82, 2.24) is 0 Å². The van der Waals surface area contributed by atoms with Crippen LogP contribution in [0.25, 0.3) is 0 Å². The lowest BCUT2D eigenvalue weighted by Gasteiger charge is -2.19. The number of carbonyl (C=O) groups is 1.